The fraction of sp³-hybridized carbons (Fsp3) is 0.545. The molecule has 0 bridgehead atoms. The second-order valence-electron chi connectivity index (χ2n) is 4.49. The summed E-state index contributed by atoms with van der Waals surface area (Å²) in [6.07, 6.45) is 8.46. The van der Waals surface area contributed by atoms with E-state index in [2.05, 4.69) is 0 Å². The molecular weight excluding hydrogens is 184 g/mol. The van der Waals surface area contributed by atoms with Gasteiger partial charge in [0.1, 0.15) is 0 Å². The molecule has 0 fully saturated rings. The highest BCUT2D eigenvalue weighted by molar-refractivity contribution is 6.65. The third-order valence-electron chi connectivity index (χ3n) is 2.76. The van der Waals surface area contributed by atoms with Gasteiger partial charge in [-0.25, -0.2) is 0 Å². The SMILES string of the molecule is CC(C)(C)C1(C(=O)Cl)C=CC=CC1. The van der Waals surface area contributed by atoms with Crippen LogP contribution in [0, 0.1) is 10.8 Å². The molecule has 0 N–H and O–H groups in total. The maximum absolute atomic E-state index is 11.4. The van der Waals surface area contributed by atoms with Gasteiger partial charge in [0.05, 0.1) is 5.41 Å². The Hall–Kier alpha value is -0.560. The first-order chi connectivity index (χ1) is 5.90. The third kappa shape index (κ3) is 1.71. The van der Waals surface area contributed by atoms with E-state index in [4.69, 9.17) is 11.6 Å². The Bertz CT molecular complexity index is 270. The summed E-state index contributed by atoms with van der Waals surface area (Å²) in [5.74, 6) is 0. The summed E-state index contributed by atoms with van der Waals surface area (Å²) < 4.78 is 0. The molecule has 1 aliphatic rings. The Morgan fingerprint density at radius 1 is 1.38 bits per heavy atom. The van der Waals surface area contributed by atoms with E-state index >= 15 is 0 Å². The molecule has 0 aromatic heterocycles. The van der Waals surface area contributed by atoms with Gasteiger partial charge < -0.3 is 0 Å². The van der Waals surface area contributed by atoms with Crippen molar-refractivity contribution in [3.63, 3.8) is 0 Å². The van der Waals surface area contributed by atoms with Crippen LogP contribution in [-0.2, 0) is 4.79 Å². The topological polar surface area (TPSA) is 17.1 Å². The van der Waals surface area contributed by atoms with Crippen molar-refractivity contribution in [2.24, 2.45) is 10.8 Å². The number of allylic oxidation sites excluding steroid dienone is 4. The maximum Gasteiger partial charge on any atom is 0.232 e. The second kappa shape index (κ2) is 3.30. The van der Waals surface area contributed by atoms with E-state index in [1.165, 1.54) is 0 Å². The minimum atomic E-state index is -0.524. The Morgan fingerprint density at radius 2 is 2.00 bits per heavy atom. The van der Waals surface area contributed by atoms with Crippen molar-refractivity contribution in [1.29, 1.82) is 0 Å². The van der Waals surface area contributed by atoms with Crippen molar-refractivity contribution < 1.29 is 4.79 Å². The summed E-state index contributed by atoms with van der Waals surface area (Å²) >= 11 is 5.67. The van der Waals surface area contributed by atoms with Gasteiger partial charge >= 0.3 is 0 Å². The molecule has 0 amide bonds. The third-order valence-corrected chi connectivity index (χ3v) is 3.09. The molecule has 0 radical (unpaired) electrons. The van der Waals surface area contributed by atoms with Crippen LogP contribution in [0.2, 0.25) is 0 Å². The number of rotatable bonds is 1. The first-order valence-electron chi connectivity index (χ1n) is 4.44. The molecule has 72 valence electrons. The normalized spacial score (nSPS) is 27.7. The van der Waals surface area contributed by atoms with Gasteiger partial charge in [0.2, 0.25) is 5.24 Å². The molecule has 0 heterocycles. The Morgan fingerprint density at radius 3 is 2.23 bits per heavy atom. The summed E-state index contributed by atoms with van der Waals surface area (Å²) in [6.45, 7) is 6.12. The van der Waals surface area contributed by atoms with Crippen molar-refractivity contribution in [1.82, 2.24) is 0 Å². The lowest BCUT2D eigenvalue weighted by Gasteiger charge is -2.39. The van der Waals surface area contributed by atoms with E-state index in [1.54, 1.807) is 0 Å². The number of carbonyl (C=O) groups is 1. The van der Waals surface area contributed by atoms with Crippen LogP contribution in [0.3, 0.4) is 0 Å². The van der Waals surface area contributed by atoms with E-state index in [-0.39, 0.29) is 10.7 Å². The molecule has 0 spiro atoms. The number of hydrogen-bond acceptors (Lipinski definition) is 1. The fourth-order valence-corrected chi connectivity index (χ4v) is 2.04. The molecule has 1 unspecified atom stereocenters. The lowest BCUT2D eigenvalue weighted by molar-refractivity contribution is -0.122. The molecule has 1 atom stereocenters. The van der Waals surface area contributed by atoms with Crippen molar-refractivity contribution in [3.05, 3.63) is 24.3 Å². The van der Waals surface area contributed by atoms with Crippen LogP contribution in [0.25, 0.3) is 0 Å². The molecule has 1 nitrogen and oxygen atoms in total. The van der Waals surface area contributed by atoms with Crippen molar-refractivity contribution in [2.45, 2.75) is 27.2 Å². The highest BCUT2D eigenvalue weighted by atomic mass is 35.5. The quantitative estimate of drug-likeness (QED) is 0.591. The molecule has 0 saturated carbocycles. The Balaban J connectivity index is 3.10. The van der Waals surface area contributed by atoms with Crippen LogP contribution < -0.4 is 0 Å². The average molecular weight is 199 g/mol. The Labute approximate surface area is 84.5 Å². The van der Waals surface area contributed by atoms with Gasteiger partial charge in [-0.2, -0.15) is 0 Å². The van der Waals surface area contributed by atoms with Gasteiger partial charge in [0.25, 0.3) is 0 Å². The predicted molar refractivity (Wildman–Crippen MR) is 55.6 cm³/mol. The predicted octanol–water partition coefficient (Wildman–Crippen LogP) is 3.30. The van der Waals surface area contributed by atoms with Gasteiger partial charge in [-0.15, -0.1) is 0 Å². The van der Waals surface area contributed by atoms with E-state index in [0.717, 1.165) is 0 Å². The first kappa shape index (κ1) is 10.5. The average Bonchev–Trinajstić information content (AvgIpc) is 2.03. The van der Waals surface area contributed by atoms with Crippen molar-refractivity contribution in [3.8, 4) is 0 Å². The highest BCUT2D eigenvalue weighted by Gasteiger charge is 2.44. The molecule has 1 aliphatic carbocycles. The molecule has 0 aromatic rings. The second-order valence-corrected chi connectivity index (χ2v) is 4.83. The van der Waals surface area contributed by atoms with Crippen molar-refractivity contribution >= 4 is 16.8 Å². The molecule has 1 rings (SSSR count). The molecule has 13 heavy (non-hydrogen) atoms. The minimum absolute atomic E-state index is 0.132. The smallest absolute Gasteiger partial charge is 0.232 e. The molecule has 0 saturated heterocycles. The summed E-state index contributed by atoms with van der Waals surface area (Å²) in [5.41, 5.74) is -0.656. The van der Waals surface area contributed by atoms with Crippen LogP contribution in [-0.4, -0.2) is 5.24 Å². The monoisotopic (exact) mass is 198 g/mol. The van der Waals surface area contributed by atoms with Gasteiger partial charge in [-0.1, -0.05) is 45.1 Å². The largest absolute Gasteiger partial charge is 0.280 e. The fourth-order valence-electron chi connectivity index (χ4n) is 1.62. The zero-order valence-corrected chi connectivity index (χ0v) is 9.06. The van der Waals surface area contributed by atoms with E-state index < -0.39 is 5.41 Å². The van der Waals surface area contributed by atoms with Crippen LogP contribution in [0.4, 0.5) is 0 Å². The lowest BCUT2D eigenvalue weighted by Crippen LogP contribution is -2.39. The zero-order valence-electron chi connectivity index (χ0n) is 8.30. The number of halogens is 1. The maximum atomic E-state index is 11.4. The molecule has 2 heteroatoms. The van der Waals surface area contributed by atoms with Gasteiger partial charge in [-0.3, -0.25) is 4.79 Å². The van der Waals surface area contributed by atoms with E-state index in [0.29, 0.717) is 6.42 Å². The minimum Gasteiger partial charge on any atom is -0.280 e. The standard InChI is InChI=1S/C11H15ClO/c1-10(2,3)11(9(12)13)7-5-4-6-8-11/h4-7H,8H2,1-3H3. The van der Waals surface area contributed by atoms with Crippen LogP contribution >= 0.6 is 11.6 Å². The summed E-state index contributed by atoms with van der Waals surface area (Å²) in [5, 5.41) is -0.263. The summed E-state index contributed by atoms with van der Waals surface area (Å²) in [7, 11) is 0. The molecular formula is C11H15ClO. The van der Waals surface area contributed by atoms with E-state index in [9.17, 15) is 4.79 Å². The van der Waals surface area contributed by atoms with Gasteiger partial charge in [0.15, 0.2) is 0 Å². The molecule has 0 aliphatic heterocycles. The van der Waals surface area contributed by atoms with Crippen LogP contribution in [0.5, 0.6) is 0 Å². The van der Waals surface area contributed by atoms with Crippen molar-refractivity contribution in [2.75, 3.05) is 0 Å². The highest BCUT2D eigenvalue weighted by Crippen LogP contribution is 2.46. The van der Waals surface area contributed by atoms with E-state index in [1.807, 2.05) is 45.1 Å². The van der Waals surface area contributed by atoms with Crippen LogP contribution in [0.15, 0.2) is 24.3 Å². The number of hydrogen-bond donors (Lipinski definition) is 0. The zero-order chi connectivity index (χ0) is 10.1. The summed E-state index contributed by atoms with van der Waals surface area (Å²) in [4.78, 5) is 11.4. The lowest BCUT2D eigenvalue weighted by atomic mass is 9.64. The first-order valence-corrected chi connectivity index (χ1v) is 4.82. The van der Waals surface area contributed by atoms with Gasteiger partial charge in [0, 0.05) is 0 Å². The number of carbonyl (C=O) groups excluding carboxylic acids is 1. The summed E-state index contributed by atoms with van der Waals surface area (Å²) in [6, 6.07) is 0. The molecule has 0 aromatic carbocycles. The Kier molecular flexibility index (Phi) is 2.67. The van der Waals surface area contributed by atoms with Gasteiger partial charge in [-0.05, 0) is 23.4 Å². The van der Waals surface area contributed by atoms with Crippen LogP contribution in [0.1, 0.15) is 27.2 Å².